The summed E-state index contributed by atoms with van der Waals surface area (Å²) in [6.45, 7) is 8.49. The fourth-order valence-electron chi connectivity index (χ4n) is 2.54. The summed E-state index contributed by atoms with van der Waals surface area (Å²) >= 11 is 0. The topological polar surface area (TPSA) is 29.1 Å². The van der Waals surface area contributed by atoms with Crippen molar-refractivity contribution in [2.24, 2.45) is 11.8 Å². The highest BCUT2D eigenvalue weighted by molar-refractivity contribution is 5.82. The van der Waals surface area contributed by atoms with Crippen LogP contribution < -0.4 is 5.32 Å². The molecular formula is C14H27NO. The van der Waals surface area contributed by atoms with Crippen LogP contribution in [0.2, 0.25) is 0 Å². The van der Waals surface area contributed by atoms with E-state index in [1.54, 1.807) is 0 Å². The first-order valence-electron chi connectivity index (χ1n) is 6.84. The van der Waals surface area contributed by atoms with Crippen LogP contribution in [0.5, 0.6) is 0 Å². The molecule has 0 amide bonds. The summed E-state index contributed by atoms with van der Waals surface area (Å²) < 4.78 is 0. The summed E-state index contributed by atoms with van der Waals surface area (Å²) in [6.07, 6.45) is 5.71. The minimum Gasteiger partial charge on any atom is -0.312 e. The third-order valence-electron chi connectivity index (χ3n) is 3.83. The van der Waals surface area contributed by atoms with E-state index in [1.165, 1.54) is 19.3 Å². The molecule has 1 aliphatic rings. The van der Waals surface area contributed by atoms with Gasteiger partial charge in [-0.15, -0.1) is 0 Å². The predicted molar refractivity (Wildman–Crippen MR) is 68.5 cm³/mol. The molecule has 2 nitrogen and oxygen atoms in total. The van der Waals surface area contributed by atoms with Gasteiger partial charge in [0.1, 0.15) is 5.78 Å². The van der Waals surface area contributed by atoms with Crippen LogP contribution in [-0.2, 0) is 4.79 Å². The van der Waals surface area contributed by atoms with Crippen molar-refractivity contribution >= 4 is 5.78 Å². The first kappa shape index (κ1) is 13.7. The molecule has 16 heavy (non-hydrogen) atoms. The zero-order valence-corrected chi connectivity index (χ0v) is 11.3. The van der Waals surface area contributed by atoms with Gasteiger partial charge in [0, 0.05) is 23.9 Å². The molecule has 0 heterocycles. The molecule has 0 saturated heterocycles. The van der Waals surface area contributed by atoms with Gasteiger partial charge in [0.15, 0.2) is 0 Å². The van der Waals surface area contributed by atoms with Crippen molar-refractivity contribution in [3.05, 3.63) is 0 Å². The number of rotatable bonds is 5. The van der Waals surface area contributed by atoms with E-state index >= 15 is 0 Å². The molecule has 0 radical (unpaired) electrons. The second-order valence-corrected chi connectivity index (χ2v) is 5.58. The van der Waals surface area contributed by atoms with Crippen molar-refractivity contribution in [2.45, 2.75) is 71.9 Å². The Morgan fingerprint density at radius 2 is 1.75 bits per heavy atom. The Bertz CT molecular complexity index is 217. The average Bonchev–Trinajstić information content (AvgIpc) is 2.28. The molecule has 0 aromatic carbocycles. The van der Waals surface area contributed by atoms with Gasteiger partial charge in [-0.25, -0.2) is 0 Å². The molecule has 1 fully saturated rings. The first-order valence-corrected chi connectivity index (χ1v) is 6.84. The van der Waals surface area contributed by atoms with E-state index in [-0.39, 0.29) is 5.92 Å². The van der Waals surface area contributed by atoms with Crippen molar-refractivity contribution < 1.29 is 4.79 Å². The van der Waals surface area contributed by atoms with E-state index in [0.29, 0.717) is 23.8 Å². The summed E-state index contributed by atoms with van der Waals surface area (Å²) in [7, 11) is 0. The largest absolute Gasteiger partial charge is 0.312 e. The maximum Gasteiger partial charge on any atom is 0.138 e. The lowest BCUT2D eigenvalue weighted by molar-refractivity contribution is -0.126. The van der Waals surface area contributed by atoms with Crippen LogP contribution in [0.1, 0.15) is 59.8 Å². The van der Waals surface area contributed by atoms with Crippen molar-refractivity contribution in [1.82, 2.24) is 5.32 Å². The van der Waals surface area contributed by atoms with E-state index in [2.05, 4.69) is 19.2 Å². The number of nitrogens with one attached hydrogen (secondary N) is 1. The Balaban J connectivity index is 2.31. The number of hydrogen-bond donors (Lipinski definition) is 1. The summed E-state index contributed by atoms with van der Waals surface area (Å²) in [5.74, 6) is 1.03. The van der Waals surface area contributed by atoms with E-state index in [4.69, 9.17) is 0 Å². The van der Waals surface area contributed by atoms with Crippen molar-refractivity contribution in [2.75, 3.05) is 0 Å². The molecule has 1 atom stereocenters. The monoisotopic (exact) mass is 225 g/mol. The highest BCUT2D eigenvalue weighted by Crippen LogP contribution is 2.27. The summed E-state index contributed by atoms with van der Waals surface area (Å²) in [4.78, 5) is 11.9. The Hall–Kier alpha value is -0.370. The van der Waals surface area contributed by atoms with Crippen molar-refractivity contribution in [3.63, 3.8) is 0 Å². The molecule has 1 saturated carbocycles. The number of carbonyl (C=O) groups is 1. The number of Topliss-reactive ketones (excluding diaryl/α,β-unsaturated/α-hetero) is 1. The van der Waals surface area contributed by atoms with Crippen LogP contribution in [0, 0.1) is 11.8 Å². The van der Waals surface area contributed by atoms with E-state index < -0.39 is 0 Å². The van der Waals surface area contributed by atoms with Crippen LogP contribution in [0.3, 0.4) is 0 Å². The molecule has 1 rings (SSSR count). The maximum absolute atomic E-state index is 11.9. The molecule has 0 aromatic rings. The van der Waals surface area contributed by atoms with Crippen LogP contribution in [-0.4, -0.2) is 17.9 Å². The quantitative estimate of drug-likeness (QED) is 0.778. The second-order valence-electron chi connectivity index (χ2n) is 5.58. The Labute approximate surface area is 100 Å². The maximum atomic E-state index is 11.9. The van der Waals surface area contributed by atoms with Crippen LogP contribution >= 0.6 is 0 Å². The predicted octanol–water partition coefficient (Wildman–Crippen LogP) is 3.16. The van der Waals surface area contributed by atoms with Crippen molar-refractivity contribution in [3.8, 4) is 0 Å². The van der Waals surface area contributed by atoms with Gasteiger partial charge in [0.2, 0.25) is 0 Å². The minimum atomic E-state index is 0.212. The molecule has 0 aromatic heterocycles. The van der Waals surface area contributed by atoms with Gasteiger partial charge < -0.3 is 5.32 Å². The van der Waals surface area contributed by atoms with Gasteiger partial charge in [-0.2, -0.15) is 0 Å². The van der Waals surface area contributed by atoms with Gasteiger partial charge >= 0.3 is 0 Å². The lowest BCUT2D eigenvalue weighted by atomic mass is 9.80. The molecule has 2 heteroatoms. The third kappa shape index (κ3) is 3.89. The molecule has 0 spiro atoms. The molecule has 1 unspecified atom stereocenters. The second kappa shape index (κ2) is 6.39. The third-order valence-corrected chi connectivity index (χ3v) is 3.83. The van der Waals surface area contributed by atoms with Gasteiger partial charge in [0.05, 0.1) is 0 Å². The Kier molecular flexibility index (Phi) is 5.47. The summed E-state index contributed by atoms with van der Waals surface area (Å²) in [5.41, 5.74) is 0. The zero-order chi connectivity index (χ0) is 12.1. The molecule has 94 valence electrons. The van der Waals surface area contributed by atoms with E-state index in [0.717, 1.165) is 12.8 Å². The van der Waals surface area contributed by atoms with Crippen LogP contribution in [0.4, 0.5) is 0 Å². The number of ketones is 1. The summed E-state index contributed by atoms with van der Waals surface area (Å²) in [5, 5.41) is 3.65. The molecule has 1 aliphatic carbocycles. The normalized spacial score (nSPS) is 28.1. The van der Waals surface area contributed by atoms with Gasteiger partial charge in [0.25, 0.3) is 0 Å². The Morgan fingerprint density at radius 3 is 2.19 bits per heavy atom. The fraction of sp³-hybridized carbons (Fsp3) is 0.929. The lowest BCUT2D eigenvalue weighted by Gasteiger charge is -2.31. The van der Waals surface area contributed by atoms with Crippen LogP contribution in [0.25, 0.3) is 0 Å². The summed E-state index contributed by atoms with van der Waals surface area (Å²) in [6, 6.07) is 1.26. The highest BCUT2D eigenvalue weighted by atomic mass is 16.1. The molecule has 1 N–H and O–H groups in total. The number of hydrogen-bond acceptors (Lipinski definition) is 2. The fourth-order valence-corrected chi connectivity index (χ4v) is 2.54. The van der Waals surface area contributed by atoms with Gasteiger partial charge in [-0.1, -0.05) is 20.8 Å². The van der Waals surface area contributed by atoms with Crippen LogP contribution in [0.15, 0.2) is 0 Å². The van der Waals surface area contributed by atoms with Gasteiger partial charge in [-0.3, -0.25) is 4.79 Å². The standard InChI is InChI=1S/C14H27NO/c1-5-11(4)15-13-8-6-12(7-9-13)14(16)10(2)3/h10-13,15H,5-9H2,1-4H3. The molecular weight excluding hydrogens is 198 g/mol. The smallest absolute Gasteiger partial charge is 0.138 e. The highest BCUT2D eigenvalue weighted by Gasteiger charge is 2.27. The number of carbonyl (C=O) groups excluding carboxylic acids is 1. The Morgan fingerprint density at radius 1 is 1.19 bits per heavy atom. The van der Waals surface area contributed by atoms with E-state index in [1.807, 2.05) is 13.8 Å². The van der Waals surface area contributed by atoms with E-state index in [9.17, 15) is 4.79 Å². The molecule has 0 aliphatic heterocycles. The SMILES string of the molecule is CCC(C)NC1CCC(C(=O)C(C)C)CC1. The molecule has 0 bridgehead atoms. The minimum absolute atomic E-state index is 0.212. The van der Waals surface area contributed by atoms with Crippen molar-refractivity contribution in [1.29, 1.82) is 0 Å². The lowest BCUT2D eigenvalue weighted by Crippen LogP contribution is -2.40. The zero-order valence-electron chi connectivity index (χ0n) is 11.3. The van der Waals surface area contributed by atoms with Gasteiger partial charge in [-0.05, 0) is 39.0 Å². The first-order chi connectivity index (χ1) is 7.54. The average molecular weight is 225 g/mol.